The zero-order chi connectivity index (χ0) is 28.2. The molecule has 1 unspecified atom stereocenters. The zero-order valence-corrected chi connectivity index (χ0v) is 22.3. The van der Waals surface area contributed by atoms with Gasteiger partial charge in [0.05, 0.1) is 42.5 Å². The molecule has 5 rings (SSSR count). The van der Waals surface area contributed by atoms with E-state index in [0.717, 1.165) is 5.56 Å². The average molecular weight is 539 g/mol. The average Bonchev–Trinajstić information content (AvgIpc) is 3.45. The lowest BCUT2D eigenvalue weighted by Gasteiger charge is -2.36. The van der Waals surface area contributed by atoms with Crippen LogP contribution < -0.4 is 4.90 Å². The lowest BCUT2D eigenvalue weighted by molar-refractivity contribution is -0.150. The number of ether oxygens (including phenoxy) is 2. The molecule has 2 saturated heterocycles. The maximum absolute atomic E-state index is 14.2. The molecule has 0 aromatic heterocycles. The number of fused-ring (bicyclic) bond motifs is 1. The summed E-state index contributed by atoms with van der Waals surface area (Å²) < 4.78 is 10.8. The number of amides is 2. The first-order valence-corrected chi connectivity index (χ1v) is 13.3. The van der Waals surface area contributed by atoms with Crippen molar-refractivity contribution in [3.8, 4) is 0 Å². The number of carbonyl (C=O) groups excluding carboxylic acids is 4. The molecular weight excluding hydrogens is 508 g/mol. The highest BCUT2D eigenvalue weighted by Gasteiger charge is 2.65. The van der Waals surface area contributed by atoms with E-state index in [4.69, 9.17) is 9.47 Å². The summed E-state index contributed by atoms with van der Waals surface area (Å²) in [6.07, 6.45) is 1.33. The van der Waals surface area contributed by atoms with Crippen LogP contribution in [0.25, 0.3) is 5.70 Å². The topological polar surface area (TPSA) is 93.2 Å². The van der Waals surface area contributed by atoms with Gasteiger partial charge in [0.25, 0.3) is 0 Å². The normalized spacial score (nSPS) is 22.3. The molecule has 0 radical (unpaired) electrons. The predicted octanol–water partition coefficient (Wildman–Crippen LogP) is 4.39. The molecule has 4 atom stereocenters. The zero-order valence-electron chi connectivity index (χ0n) is 22.3. The van der Waals surface area contributed by atoms with Gasteiger partial charge in [-0.1, -0.05) is 78.9 Å². The fourth-order valence-electron chi connectivity index (χ4n) is 5.74. The number of nitrogens with zero attached hydrogens (tertiary/aromatic N) is 2. The van der Waals surface area contributed by atoms with Crippen molar-refractivity contribution in [3.05, 3.63) is 108 Å². The van der Waals surface area contributed by atoms with Crippen molar-refractivity contribution in [2.45, 2.75) is 25.9 Å². The fourth-order valence-corrected chi connectivity index (χ4v) is 5.74. The van der Waals surface area contributed by atoms with Crippen molar-refractivity contribution in [3.63, 3.8) is 0 Å². The largest absolute Gasteiger partial charge is 0.464 e. The van der Waals surface area contributed by atoms with Gasteiger partial charge in [-0.05, 0) is 37.1 Å². The summed E-state index contributed by atoms with van der Waals surface area (Å²) in [5.41, 5.74) is 2.17. The van der Waals surface area contributed by atoms with Crippen LogP contribution in [0.5, 0.6) is 0 Å². The number of anilines is 1. The van der Waals surface area contributed by atoms with E-state index in [0.29, 0.717) is 16.9 Å². The molecule has 0 bridgehead atoms. The lowest BCUT2D eigenvalue weighted by Crippen LogP contribution is -2.46. The molecule has 0 spiro atoms. The Labute approximate surface area is 232 Å². The van der Waals surface area contributed by atoms with Crippen LogP contribution >= 0.6 is 0 Å². The molecule has 8 heteroatoms. The monoisotopic (exact) mass is 538 g/mol. The molecular formula is C32H30N2O6. The van der Waals surface area contributed by atoms with Gasteiger partial charge in [0.1, 0.15) is 6.04 Å². The summed E-state index contributed by atoms with van der Waals surface area (Å²) in [6, 6.07) is 25.1. The summed E-state index contributed by atoms with van der Waals surface area (Å²) in [4.78, 5) is 57.7. The number of benzene rings is 3. The standard InChI is InChI=1S/C32H30N2O6/c1-3-39-25(35)20-24(21-14-8-5-9-15-21)34-28(22-16-10-6-11-17-22)26-27(29(34)32(38)40-4-2)31(37)33(30(26)36)23-18-12-7-13-19-23/h5-20,26-29H,3-4H2,1-2H3/b24-20+/t26-,27+,28-,29?/m0/s1. The van der Waals surface area contributed by atoms with Gasteiger partial charge in [0, 0.05) is 6.08 Å². The van der Waals surface area contributed by atoms with Crippen molar-refractivity contribution >= 4 is 35.1 Å². The van der Waals surface area contributed by atoms with Crippen LogP contribution in [-0.4, -0.2) is 47.9 Å². The van der Waals surface area contributed by atoms with Crippen molar-refractivity contribution in [2.24, 2.45) is 11.8 Å². The van der Waals surface area contributed by atoms with Crippen LogP contribution in [0.1, 0.15) is 31.0 Å². The van der Waals surface area contributed by atoms with Gasteiger partial charge in [-0.15, -0.1) is 0 Å². The van der Waals surface area contributed by atoms with Gasteiger partial charge >= 0.3 is 11.9 Å². The Bertz CT molecular complexity index is 1420. The first-order chi connectivity index (χ1) is 19.5. The van der Waals surface area contributed by atoms with Crippen LogP contribution in [0.15, 0.2) is 97.1 Å². The number of carbonyl (C=O) groups is 4. The second kappa shape index (κ2) is 11.6. The Balaban J connectivity index is 1.74. The third-order valence-electron chi connectivity index (χ3n) is 7.25. The van der Waals surface area contributed by atoms with Crippen molar-refractivity contribution in [2.75, 3.05) is 18.1 Å². The highest BCUT2D eigenvalue weighted by Crippen LogP contribution is 2.53. The SMILES string of the molecule is CCOC(=O)/C=C(\c1ccccc1)N1C(C(=O)OCC)[C@@H]2C(=O)N(c3ccccc3)C(=O)[C@@H]2[C@@H]1c1ccccc1. The molecule has 2 amide bonds. The molecule has 0 aliphatic carbocycles. The number of para-hydroxylation sites is 1. The highest BCUT2D eigenvalue weighted by atomic mass is 16.5. The van der Waals surface area contributed by atoms with Gasteiger partial charge in [-0.25, -0.2) is 14.5 Å². The number of rotatable bonds is 8. The van der Waals surface area contributed by atoms with E-state index in [2.05, 4.69) is 0 Å². The summed E-state index contributed by atoms with van der Waals surface area (Å²) in [5.74, 6) is -4.07. The summed E-state index contributed by atoms with van der Waals surface area (Å²) >= 11 is 0. The van der Waals surface area contributed by atoms with Crippen LogP contribution in [-0.2, 0) is 28.7 Å². The van der Waals surface area contributed by atoms with E-state index in [1.54, 1.807) is 49.1 Å². The Hall–Kier alpha value is -4.72. The minimum absolute atomic E-state index is 0.0867. The van der Waals surface area contributed by atoms with Gasteiger partial charge in [0.15, 0.2) is 0 Å². The van der Waals surface area contributed by atoms with Gasteiger partial charge in [-0.2, -0.15) is 0 Å². The first kappa shape index (κ1) is 26.9. The molecule has 2 aliphatic heterocycles. The van der Waals surface area contributed by atoms with Gasteiger partial charge in [-0.3, -0.25) is 9.59 Å². The minimum atomic E-state index is -1.17. The number of imide groups is 1. The third kappa shape index (κ3) is 4.77. The van der Waals surface area contributed by atoms with E-state index in [1.165, 1.54) is 11.0 Å². The molecule has 2 fully saturated rings. The summed E-state index contributed by atoms with van der Waals surface area (Å²) in [5, 5.41) is 0. The smallest absolute Gasteiger partial charge is 0.332 e. The minimum Gasteiger partial charge on any atom is -0.464 e. The van der Waals surface area contributed by atoms with Gasteiger partial charge in [0.2, 0.25) is 11.8 Å². The maximum Gasteiger partial charge on any atom is 0.332 e. The van der Waals surface area contributed by atoms with Gasteiger partial charge < -0.3 is 14.4 Å². The number of esters is 2. The van der Waals surface area contributed by atoms with E-state index in [9.17, 15) is 19.2 Å². The third-order valence-corrected chi connectivity index (χ3v) is 7.25. The van der Waals surface area contributed by atoms with E-state index in [1.807, 2.05) is 60.7 Å². The second-order valence-electron chi connectivity index (χ2n) is 9.51. The highest BCUT2D eigenvalue weighted by molar-refractivity contribution is 6.24. The molecule has 8 nitrogen and oxygen atoms in total. The number of likely N-dealkylation sites (tertiary alicyclic amines) is 1. The Morgan fingerprint density at radius 1 is 0.750 bits per heavy atom. The van der Waals surface area contributed by atoms with Crippen LogP contribution in [0, 0.1) is 11.8 Å². The Morgan fingerprint density at radius 3 is 1.90 bits per heavy atom. The molecule has 40 heavy (non-hydrogen) atoms. The van der Waals surface area contributed by atoms with Crippen molar-refractivity contribution < 1.29 is 28.7 Å². The molecule has 0 saturated carbocycles. The van der Waals surface area contributed by atoms with Crippen LogP contribution in [0.4, 0.5) is 5.69 Å². The summed E-state index contributed by atoms with van der Waals surface area (Å²) in [6.45, 7) is 3.64. The van der Waals surface area contributed by atoms with Crippen molar-refractivity contribution in [1.82, 2.24) is 4.90 Å². The van der Waals surface area contributed by atoms with Crippen LogP contribution in [0.2, 0.25) is 0 Å². The number of hydrogen-bond donors (Lipinski definition) is 0. The second-order valence-corrected chi connectivity index (χ2v) is 9.51. The van der Waals surface area contributed by atoms with Crippen LogP contribution in [0.3, 0.4) is 0 Å². The van der Waals surface area contributed by atoms with Crippen molar-refractivity contribution in [1.29, 1.82) is 0 Å². The Kier molecular flexibility index (Phi) is 7.77. The van der Waals surface area contributed by atoms with E-state index >= 15 is 0 Å². The molecule has 3 aromatic carbocycles. The molecule has 2 aliphatic rings. The molecule has 0 N–H and O–H groups in total. The predicted molar refractivity (Wildman–Crippen MR) is 148 cm³/mol. The lowest BCUT2D eigenvalue weighted by atomic mass is 9.86. The molecule has 204 valence electrons. The molecule has 3 aromatic rings. The number of hydrogen-bond acceptors (Lipinski definition) is 7. The van der Waals surface area contributed by atoms with E-state index in [-0.39, 0.29) is 13.2 Å². The fraction of sp³-hybridized carbons (Fsp3) is 0.250. The summed E-state index contributed by atoms with van der Waals surface area (Å²) in [7, 11) is 0. The Morgan fingerprint density at radius 2 is 1.30 bits per heavy atom. The van der Waals surface area contributed by atoms with E-state index < -0.39 is 47.7 Å². The maximum atomic E-state index is 14.2. The molecule has 2 heterocycles. The first-order valence-electron chi connectivity index (χ1n) is 13.3. The quantitative estimate of drug-likeness (QED) is 0.239.